The molecule has 0 aliphatic rings. The number of carbonyl (C=O) groups is 1. The molecule has 1 atom stereocenters. The van der Waals surface area contributed by atoms with Crippen molar-refractivity contribution >= 4 is 40.9 Å². The molecule has 0 spiro atoms. The summed E-state index contributed by atoms with van der Waals surface area (Å²) in [5.41, 5.74) is 40.6. The van der Waals surface area contributed by atoms with Crippen molar-refractivity contribution < 1.29 is 4.79 Å². The summed E-state index contributed by atoms with van der Waals surface area (Å²) in [4.78, 5) is 16.4. The molecule has 0 unspecified atom stereocenters. The number of nitrogens with two attached hydrogens (primary N) is 7. The minimum atomic E-state index is -0.760. The summed E-state index contributed by atoms with van der Waals surface area (Å²) in [6, 6.07) is 4.40. The quantitative estimate of drug-likeness (QED) is 0.0860. The Kier molecular flexibility index (Phi) is 10.1. The standard InChI is InChI=1S/C18H31N13O/c1-9(28-30-17(22)23)11-6-12(10(2)29-31-18(24)25)8-13(7-11)27-15(32)14(19)4-3-5-26-16(20)21/h6-8,14H,3-5,19H2,1-2H3,(H,27,32)(H4,20,21,26)(H4,22,23,30)(H4,24,25,31)/b28-9+,29-10+/t14-/m1/s1. The highest BCUT2D eigenvalue weighted by Gasteiger charge is 2.15. The predicted octanol–water partition coefficient (Wildman–Crippen LogP) is -2.00. The van der Waals surface area contributed by atoms with E-state index < -0.39 is 6.04 Å². The van der Waals surface area contributed by atoms with Gasteiger partial charge in [-0.15, -0.1) is 10.2 Å². The van der Waals surface area contributed by atoms with E-state index in [0.717, 1.165) is 0 Å². The van der Waals surface area contributed by atoms with Gasteiger partial charge in [0.15, 0.2) is 5.96 Å². The number of amides is 1. The second-order valence-electron chi connectivity index (χ2n) is 6.76. The third-order valence-corrected chi connectivity index (χ3v) is 3.97. The molecule has 15 N–H and O–H groups in total. The summed E-state index contributed by atoms with van der Waals surface area (Å²) in [6.45, 7) is 3.79. The fourth-order valence-corrected chi connectivity index (χ4v) is 2.38. The number of aliphatic imine (C=N–C) groups is 1. The van der Waals surface area contributed by atoms with E-state index in [1.165, 1.54) is 0 Å². The first kappa shape index (κ1) is 25.8. The van der Waals surface area contributed by atoms with Crippen molar-refractivity contribution in [1.29, 1.82) is 0 Å². The van der Waals surface area contributed by atoms with E-state index in [0.29, 0.717) is 47.6 Å². The van der Waals surface area contributed by atoms with E-state index in [2.05, 4.69) is 30.7 Å². The molecule has 1 aromatic carbocycles. The van der Waals surface area contributed by atoms with Crippen LogP contribution in [0.25, 0.3) is 0 Å². The van der Waals surface area contributed by atoms with Crippen LogP contribution in [0.4, 0.5) is 5.69 Å². The van der Waals surface area contributed by atoms with Crippen molar-refractivity contribution in [3.05, 3.63) is 29.3 Å². The smallest absolute Gasteiger partial charge is 0.241 e. The van der Waals surface area contributed by atoms with Crippen LogP contribution in [0.3, 0.4) is 0 Å². The van der Waals surface area contributed by atoms with Crippen LogP contribution in [0.1, 0.15) is 37.8 Å². The van der Waals surface area contributed by atoms with Gasteiger partial charge in [0, 0.05) is 23.4 Å². The number of benzene rings is 1. The maximum absolute atomic E-state index is 12.5. The van der Waals surface area contributed by atoms with Crippen LogP contribution >= 0.6 is 0 Å². The molecule has 0 aliphatic heterocycles. The molecule has 1 aromatic rings. The van der Waals surface area contributed by atoms with E-state index in [1.54, 1.807) is 32.0 Å². The fourth-order valence-electron chi connectivity index (χ4n) is 2.38. The predicted molar refractivity (Wildman–Crippen MR) is 129 cm³/mol. The molecule has 0 aliphatic carbocycles. The summed E-state index contributed by atoms with van der Waals surface area (Å²) in [5.74, 6) is -0.768. The zero-order chi connectivity index (χ0) is 24.3. The van der Waals surface area contributed by atoms with Crippen LogP contribution < -0.4 is 45.5 Å². The lowest BCUT2D eigenvalue weighted by molar-refractivity contribution is -0.117. The summed E-state index contributed by atoms with van der Waals surface area (Å²) in [7, 11) is 0. The van der Waals surface area contributed by atoms with Gasteiger partial charge in [0.05, 0.1) is 17.5 Å². The molecular formula is C18H31N13O. The number of nitrogens with zero attached hydrogens (tertiary/aromatic N) is 5. The molecule has 0 aromatic heterocycles. The highest BCUT2D eigenvalue weighted by atomic mass is 16.2. The molecule has 1 rings (SSSR count). The molecule has 0 radical (unpaired) electrons. The van der Waals surface area contributed by atoms with E-state index in [4.69, 9.17) is 40.1 Å². The van der Waals surface area contributed by atoms with Crippen LogP contribution in [-0.2, 0) is 4.79 Å². The monoisotopic (exact) mass is 445 g/mol. The van der Waals surface area contributed by atoms with Gasteiger partial charge in [-0.3, -0.25) is 9.79 Å². The number of hydrogen-bond acceptors (Lipinski definition) is 7. The second kappa shape index (κ2) is 12.5. The number of rotatable bonds is 10. The van der Waals surface area contributed by atoms with E-state index in [1.807, 2.05) is 0 Å². The molecule has 174 valence electrons. The molecule has 14 heteroatoms. The Hall–Kier alpha value is -4.20. The molecule has 32 heavy (non-hydrogen) atoms. The van der Waals surface area contributed by atoms with Gasteiger partial charge < -0.3 is 45.5 Å². The lowest BCUT2D eigenvalue weighted by atomic mass is 10.0. The number of guanidine groups is 3. The zero-order valence-corrected chi connectivity index (χ0v) is 18.1. The van der Waals surface area contributed by atoms with Crippen molar-refractivity contribution in [3.63, 3.8) is 0 Å². The van der Waals surface area contributed by atoms with E-state index in [-0.39, 0.29) is 23.8 Å². The SMILES string of the molecule is C/C(=N\N=C(N)N)c1cc(NC(=O)[C@H](N)CCCN=C(N)N)cc(/C(C)=N/N=C(N)N)c1. The van der Waals surface area contributed by atoms with E-state index >= 15 is 0 Å². The summed E-state index contributed by atoms with van der Waals surface area (Å²) in [6.07, 6.45) is 0.942. The molecule has 14 nitrogen and oxygen atoms in total. The van der Waals surface area contributed by atoms with Crippen molar-refractivity contribution in [3.8, 4) is 0 Å². The average molecular weight is 446 g/mol. The lowest BCUT2D eigenvalue weighted by Gasteiger charge is -2.14. The summed E-state index contributed by atoms with van der Waals surface area (Å²) in [5, 5.41) is 18.0. The Balaban J connectivity index is 3.18. The van der Waals surface area contributed by atoms with Gasteiger partial charge in [0.2, 0.25) is 17.8 Å². The lowest BCUT2D eigenvalue weighted by Crippen LogP contribution is -2.35. The van der Waals surface area contributed by atoms with Crippen molar-refractivity contribution in [2.45, 2.75) is 32.7 Å². The van der Waals surface area contributed by atoms with Crippen LogP contribution in [-0.4, -0.2) is 47.8 Å². The third-order valence-electron chi connectivity index (χ3n) is 3.97. The van der Waals surface area contributed by atoms with Gasteiger partial charge in [-0.25, -0.2) is 0 Å². The van der Waals surface area contributed by atoms with Gasteiger partial charge >= 0.3 is 0 Å². The Bertz CT molecular complexity index is 897. The first-order valence-electron chi connectivity index (χ1n) is 9.53. The van der Waals surface area contributed by atoms with Gasteiger partial charge in [0.25, 0.3) is 0 Å². The highest BCUT2D eigenvalue weighted by Crippen LogP contribution is 2.18. The van der Waals surface area contributed by atoms with Gasteiger partial charge in [-0.05, 0) is 44.9 Å². The van der Waals surface area contributed by atoms with Crippen molar-refractivity contribution in [2.75, 3.05) is 11.9 Å². The molecular weight excluding hydrogens is 414 g/mol. The third kappa shape index (κ3) is 9.53. The summed E-state index contributed by atoms with van der Waals surface area (Å²) >= 11 is 0. The molecule has 0 saturated carbocycles. The van der Waals surface area contributed by atoms with Crippen LogP contribution in [0.5, 0.6) is 0 Å². The Morgan fingerprint density at radius 2 is 1.34 bits per heavy atom. The maximum Gasteiger partial charge on any atom is 0.241 e. The fraction of sp³-hybridized carbons (Fsp3) is 0.333. The van der Waals surface area contributed by atoms with Gasteiger partial charge in [-0.2, -0.15) is 10.2 Å². The molecule has 0 fully saturated rings. The Morgan fingerprint density at radius 3 is 1.78 bits per heavy atom. The average Bonchev–Trinajstić information content (AvgIpc) is 2.72. The normalized spacial score (nSPS) is 12.5. The minimum absolute atomic E-state index is 0.0112. The minimum Gasteiger partial charge on any atom is -0.370 e. The van der Waals surface area contributed by atoms with Crippen LogP contribution in [0.15, 0.2) is 43.6 Å². The Labute approximate surface area is 185 Å². The first-order chi connectivity index (χ1) is 15.0. The molecule has 0 bridgehead atoms. The van der Waals surface area contributed by atoms with E-state index in [9.17, 15) is 4.79 Å². The topological polar surface area (TPSA) is 273 Å². The number of anilines is 1. The molecule has 1 amide bonds. The zero-order valence-electron chi connectivity index (χ0n) is 18.1. The highest BCUT2D eigenvalue weighted by molar-refractivity contribution is 6.06. The van der Waals surface area contributed by atoms with Crippen LogP contribution in [0.2, 0.25) is 0 Å². The van der Waals surface area contributed by atoms with Gasteiger partial charge in [-0.1, -0.05) is 0 Å². The maximum atomic E-state index is 12.5. The Morgan fingerprint density at radius 1 is 0.844 bits per heavy atom. The summed E-state index contributed by atoms with van der Waals surface area (Å²) < 4.78 is 0. The van der Waals surface area contributed by atoms with Crippen molar-refractivity contribution in [2.24, 2.45) is 65.5 Å². The van der Waals surface area contributed by atoms with Crippen molar-refractivity contribution in [1.82, 2.24) is 0 Å². The molecule has 0 saturated heterocycles. The largest absolute Gasteiger partial charge is 0.370 e. The number of hydrogen-bond donors (Lipinski definition) is 8. The number of carbonyl (C=O) groups excluding carboxylic acids is 1. The van der Waals surface area contributed by atoms with Crippen LogP contribution in [0, 0.1) is 0 Å². The van der Waals surface area contributed by atoms with Gasteiger partial charge in [0.1, 0.15) is 0 Å². The first-order valence-corrected chi connectivity index (χ1v) is 9.53. The second-order valence-corrected chi connectivity index (χ2v) is 6.76. The molecule has 0 heterocycles. The number of nitrogens with one attached hydrogen (secondary N) is 1.